The van der Waals surface area contributed by atoms with Gasteiger partial charge in [0.15, 0.2) is 0 Å². The molecule has 3 nitrogen and oxygen atoms in total. The molecular formula is C10H13NO2. The van der Waals surface area contributed by atoms with E-state index >= 15 is 0 Å². The Morgan fingerprint density at radius 2 is 2.46 bits per heavy atom. The molecule has 3 heteroatoms. The molecule has 0 spiro atoms. The lowest BCUT2D eigenvalue weighted by Gasteiger charge is -2.01. The van der Waals surface area contributed by atoms with Crippen LogP contribution in [-0.4, -0.2) is 11.9 Å². The van der Waals surface area contributed by atoms with E-state index in [2.05, 4.69) is 5.32 Å². The fraction of sp³-hybridized carbons (Fsp3) is 0.500. The normalized spacial score (nSPS) is 15.8. The first-order chi connectivity index (χ1) is 6.31. The van der Waals surface area contributed by atoms with Crippen LogP contribution in [-0.2, 0) is 6.42 Å². The van der Waals surface area contributed by atoms with Gasteiger partial charge in [-0.1, -0.05) is 6.92 Å². The molecule has 1 aliphatic carbocycles. The molecule has 1 N–H and O–H groups in total. The summed E-state index contributed by atoms with van der Waals surface area (Å²) >= 11 is 0. The molecule has 0 saturated heterocycles. The van der Waals surface area contributed by atoms with Crippen LogP contribution in [0, 0.1) is 0 Å². The van der Waals surface area contributed by atoms with Gasteiger partial charge in [0.05, 0.1) is 11.8 Å². The summed E-state index contributed by atoms with van der Waals surface area (Å²) in [4.78, 5) is 11.6. The van der Waals surface area contributed by atoms with Gasteiger partial charge in [-0.2, -0.15) is 0 Å². The van der Waals surface area contributed by atoms with E-state index in [0.29, 0.717) is 11.6 Å². The van der Waals surface area contributed by atoms with Crippen molar-refractivity contribution in [3.8, 4) is 0 Å². The van der Waals surface area contributed by atoms with Crippen molar-refractivity contribution in [2.45, 2.75) is 32.2 Å². The van der Waals surface area contributed by atoms with Crippen LogP contribution in [0.25, 0.3) is 0 Å². The van der Waals surface area contributed by atoms with Crippen molar-refractivity contribution in [1.82, 2.24) is 5.32 Å². The molecule has 1 aliphatic rings. The topological polar surface area (TPSA) is 42.2 Å². The highest BCUT2D eigenvalue weighted by Crippen LogP contribution is 2.20. The number of hydrogen-bond donors (Lipinski definition) is 1. The predicted molar refractivity (Wildman–Crippen MR) is 48.6 cm³/mol. The van der Waals surface area contributed by atoms with Gasteiger partial charge in [0.25, 0.3) is 5.91 Å². The lowest BCUT2D eigenvalue weighted by Crippen LogP contribution is -2.25. The number of furan rings is 1. The molecule has 0 atom stereocenters. The SMILES string of the molecule is CCc1occc1C(=O)NC1CC1. The standard InChI is InChI=1S/C10H13NO2/c1-2-9-8(5-6-13-9)10(12)11-7-3-4-7/h5-7H,2-4H2,1H3,(H,11,12). The van der Waals surface area contributed by atoms with Crippen molar-refractivity contribution < 1.29 is 9.21 Å². The highest BCUT2D eigenvalue weighted by molar-refractivity contribution is 5.95. The number of amides is 1. The van der Waals surface area contributed by atoms with Gasteiger partial charge < -0.3 is 9.73 Å². The monoisotopic (exact) mass is 179 g/mol. The van der Waals surface area contributed by atoms with Crippen molar-refractivity contribution in [3.63, 3.8) is 0 Å². The van der Waals surface area contributed by atoms with Gasteiger partial charge in [-0.15, -0.1) is 0 Å². The Morgan fingerprint density at radius 1 is 1.69 bits per heavy atom. The average molecular weight is 179 g/mol. The summed E-state index contributed by atoms with van der Waals surface area (Å²) in [6.45, 7) is 1.98. The minimum absolute atomic E-state index is 0.00750. The molecule has 1 heterocycles. The number of hydrogen-bond acceptors (Lipinski definition) is 2. The quantitative estimate of drug-likeness (QED) is 0.767. The Kier molecular flexibility index (Phi) is 2.08. The summed E-state index contributed by atoms with van der Waals surface area (Å²) in [5.74, 6) is 0.784. The number of rotatable bonds is 3. The summed E-state index contributed by atoms with van der Waals surface area (Å²) in [5.41, 5.74) is 0.689. The fourth-order valence-electron chi connectivity index (χ4n) is 1.31. The predicted octanol–water partition coefficient (Wildman–Crippen LogP) is 1.73. The van der Waals surface area contributed by atoms with E-state index in [1.54, 1.807) is 12.3 Å². The molecule has 0 bridgehead atoms. The first-order valence-corrected chi connectivity index (χ1v) is 4.68. The minimum atomic E-state index is 0.00750. The van der Waals surface area contributed by atoms with Crippen LogP contribution < -0.4 is 5.32 Å². The van der Waals surface area contributed by atoms with E-state index in [1.807, 2.05) is 6.92 Å². The molecule has 0 unspecified atom stereocenters. The average Bonchev–Trinajstić information content (AvgIpc) is 2.82. The molecule has 2 rings (SSSR count). The lowest BCUT2D eigenvalue weighted by molar-refractivity contribution is 0.0949. The maximum absolute atomic E-state index is 11.6. The summed E-state index contributed by atoms with van der Waals surface area (Å²) in [6, 6.07) is 2.14. The van der Waals surface area contributed by atoms with Crippen molar-refractivity contribution in [2.75, 3.05) is 0 Å². The molecule has 0 aromatic carbocycles. The zero-order chi connectivity index (χ0) is 9.26. The third kappa shape index (κ3) is 1.74. The van der Waals surface area contributed by atoms with Crippen molar-refractivity contribution in [3.05, 3.63) is 23.7 Å². The van der Waals surface area contributed by atoms with Gasteiger partial charge in [-0.25, -0.2) is 0 Å². The molecule has 0 radical (unpaired) electrons. The van der Waals surface area contributed by atoms with Gasteiger partial charge in [0.1, 0.15) is 5.76 Å². The van der Waals surface area contributed by atoms with Gasteiger partial charge in [-0.05, 0) is 18.9 Å². The van der Waals surface area contributed by atoms with E-state index < -0.39 is 0 Å². The van der Waals surface area contributed by atoms with E-state index in [1.165, 1.54) is 0 Å². The smallest absolute Gasteiger partial charge is 0.255 e. The first kappa shape index (κ1) is 8.35. The molecule has 1 aromatic heterocycles. The summed E-state index contributed by atoms with van der Waals surface area (Å²) in [7, 11) is 0. The van der Waals surface area contributed by atoms with Crippen LogP contribution in [0.3, 0.4) is 0 Å². The highest BCUT2D eigenvalue weighted by Gasteiger charge is 2.25. The molecule has 1 amide bonds. The molecule has 1 fully saturated rings. The van der Waals surface area contributed by atoms with E-state index in [-0.39, 0.29) is 5.91 Å². The van der Waals surface area contributed by atoms with Crippen LogP contribution in [0.4, 0.5) is 0 Å². The van der Waals surface area contributed by atoms with Crippen LogP contribution >= 0.6 is 0 Å². The zero-order valence-corrected chi connectivity index (χ0v) is 7.67. The number of aryl methyl sites for hydroxylation is 1. The van der Waals surface area contributed by atoms with Gasteiger partial charge in [-0.3, -0.25) is 4.79 Å². The van der Waals surface area contributed by atoms with E-state index in [4.69, 9.17) is 4.42 Å². The Balaban J connectivity index is 2.08. The summed E-state index contributed by atoms with van der Waals surface area (Å²) < 4.78 is 5.18. The van der Waals surface area contributed by atoms with Crippen LogP contribution in [0.1, 0.15) is 35.9 Å². The highest BCUT2D eigenvalue weighted by atomic mass is 16.3. The fourth-order valence-corrected chi connectivity index (χ4v) is 1.31. The number of carbonyl (C=O) groups is 1. The second kappa shape index (κ2) is 3.24. The third-order valence-electron chi connectivity index (χ3n) is 2.22. The Labute approximate surface area is 77.1 Å². The lowest BCUT2D eigenvalue weighted by atomic mass is 10.2. The summed E-state index contributed by atoms with van der Waals surface area (Å²) in [6.07, 6.45) is 4.57. The molecule has 1 aromatic rings. The van der Waals surface area contributed by atoms with Gasteiger partial charge in [0, 0.05) is 12.5 Å². The molecule has 70 valence electrons. The van der Waals surface area contributed by atoms with Crippen LogP contribution in [0.15, 0.2) is 16.7 Å². The van der Waals surface area contributed by atoms with Crippen LogP contribution in [0.2, 0.25) is 0 Å². The maximum Gasteiger partial charge on any atom is 0.255 e. The molecule has 0 aliphatic heterocycles. The molecule has 1 saturated carbocycles. The Hall–Kier alpha value is -1.25. The molecular weight excluding hydrogens is 166 g/mol. The second-order valence-electron chi connectivity index (χ2n) is 3.36. The van der Waals surface area contributed by atoms with Crippen LogP contribution in [0.5, 0.6) is 0 Å². The largest absolute Gasteiger partial charge is 0.469 e. The van der Waals surface area contributed by atoms with Crippen molar-refractivity contribution in [1.29, 1.82) is 0 Å². The van der Waals surface area contributed by atoms with Crippen molar-refractivity contribution in [2.24, 2.45) is 0 Å². The second-order valence-corrected chi connectivity index (χ2v) is 3.36. The van der Waals surface area contributed by atoms with Gasteiger partial charge >= 0.3 is 0 Å². The maximum atomic E-state index is 11.6. The number of nitrogens with one attached hydrogen (secondary N) is 1. The summed E-state index contributed by atoms with van der Waals surface area (Å²) in [5, 5.41) is 2.93. The van der Waals surface area contributed by atoms with Gasteiger partial charge in [0.2, 0.25) is 0 Å². The van der Waals surface area contributed by atoms with Crippen molar-refractivity contribution >= 4 is 5.91 Å². The van der Waals surface area contributed by atoms with E-state index in [0.717, 1.165) is 25.0 Å². The third-order valence-corrected chi connectivity index (χ3v) is 2.22. The van der Waals surface area contributed by atoms with E-state index in [9.17, 15) is 4.79 Å². The Morgan fingerprint density at radius 3 is 3.08 bits per heavy atom. The molecule has 13 heavy (non-hydrogen) atoms. The number of carbonyl (C=O) groups excluding carboxylic acids is 1. The minimum Gasteiger partial charge on any atom is -0.469 e. The Bertz CT molecular complexity index is 312. The zero-order valence-electron chi connectivity index (χ0n) is 7.67. The first-order valence-electron chi connectivity index (χ1n) is 4.68.